The number of aryl methyl sites for hydroxylation is 2. The van der Waals surface area contributed by atoms with Gasteiger partial charge in [-0.1, -0.05) is 0 Å². The number of nitrogens with zero attached hydrogens (tertiary/aromatic N) is 3. The fourth-order valence-corrected chi connectivity index (χ4v) is 4.22. The van der Waals surface area contributed by atoms with E-state index in [4.69, 9.17) is 4.98 Å². The second kappa shape index (κ2) is 5.49. The predicted molar refractivity (Wildman–Crippen MR) is 99.9 cm³/mol. The zero-order chi connectivity index (χ0) is 17.8. The van der Waals surface area contributed by atoms with Crippen molar-refractivity contribution in [2.75, 3.05) is 0 Å². The molecule has 6 nitrogen and oxygen atoms in total. The number of nitrogens with one attached hydrogen (secondary N) is 2. The van der Waals surface area contributed by atoms with Crippen molar-refractivity contribution in [2.24, 2.45) is 5.92 Å². The van der Waals surface area contributed by atoms with Crippen LogP contribution in [-0.2, 0) is 17.6 Å². The average Bonchev–Trinajstić information content (AvgIpc) is 3.28. The van der Waals surface area contributed by atoms with Crippen LogP contribution in [0, 0.1) is 12.8 Å². The number of fused-ring (bicyclic) bond motifs is 5. The molecule has 2 N–H and O–H groups in total. The molecular weight excluding hydrogens is 326 g/mol. The number of hydrogen-bond donors (Lipinski definition) is 2. The lowest BCUT2D eigenvalue weighted by Crippen LogP contribution is -2.22. The maximum atomic E-state index is 12.1. The van der Waals surface area contributed by atoms with Crippen LogP contribution in [0.3, 0.4) is 0 Å². The van der Waals surface area contributed by atoms with Gasteiger partial charge in [-0.2, -0.15) is 10.2 Å². The lowest BCUT2D eigenvalue weighted by molar-refractivity contribution is -0.121. The second-order valence-electron chi connectivity index (χ2n) is 7.17. The van der Waals surface area contributed by atoms with Gasteiger partial charge < -0.3 is 0 Å². The molecule has 0 spiro atoms. The Bertz CT molecular complexity index is 1170. The maximum absolute atomic E-state index is 12.1. The smallest absolute Gasteiger partial charge is 0.133 e. The number of pyridine rings is 1. The molecule has 0 amide bonds. The van der Waals surface area contributed by atoms with E-state index in [2.05, 4.69) is 20.4 Å². The number of H-pyrrole nitrogens is 2. The number of benzene rings is 1. The van der Waals surface area contributed by atoms with Crippen LogP contribution in [0.5, 0.6) is 0 Å². The van der Waals surface area contributed by atoms with E-state index in [1.54, 1.807) is 6.92 Å². The molecule has 5 rings (SSSR count). The number of hydrogen-bond acceptors (Lipinski definition) is 4. The van der Waals surface area contributed by atoms with Gasteiger partial charge in [-0.15, -0.1) is 0 Å². The first-order valence-electron chi connectivity index (χ1n) is 8.92. The fraction of sp³-hybridized carbons (Fsp3) is 0.300. The van der Waals surface area contributed by atoms with Crippen molar-refractivity contribution < 1.29 is 4.79 Å². The summed E-state index contributed by atoms with van der Waals surface area (Å²) in [5, 5.41) is 16.7. The van der Waals surface area contributed by atoms with Gasteiger partial charge in [0.1, 0.15) is 5.78 Å². The minimum atomic E-state index is 0.0660. The highest BCUT2D eigenvalue weighted by atomic mass is 16.1. The summed E-state index contributed by atoms with van der Waals surface area (Å²) in [6.45, 7) is 3.70. The minimum absolute atomic E-state index is 0.0660. The molecule has 1 aromatic carbocycles. The molecule has 1 atom stereocenters. The molecule has 1 aliphatic carbocycles. The van der Waals surface area contributed by atoms with Crippen molar-refractivity contribution >= 4 is 27.6 Å². The van der Waals surface area contributed by atoms with Gasteiger partial charge in [0.25, 0.3) is 0 Å². The Morgan fingerprint density at radius 3 is 2.77 bits per heavy atom. The van der Waals surface area contributed by atoms with Crippen LogP contribution in [0.25, 0.3) is 33.1 Å². The zero-order valence-corrected chi connectivity index (χ0v) is 14.8. The number of rotatable bonds is 2. The first-order valence-corrected chi connectivity index (χ1v) is 8.92. The summed E-state index contributed by atoms with van der Waals surface area (Å²) in [6, 6.07) is 4.07. The van der Waals surface area contributed by atoms with Gasteiger partial charge in [0.15, 0.2) is 0 Å². The second-order valence-corrected chi connectivity index (χ2v) is 7.17. The summed E-state index contributed by atoms with van der Waals surface area (Å²) in [5.74, 6) is 0.323. The van der Waals surface area contributed by atoms with E-state index < -0.39 is 0 Å². The molecule has 3 aromatic heterocycles. The molecule has 4 aromatic rings. The number of ketones is 1. The number of carbonyl (C=O) groups excluding carboxylic acids is 1. The van der Waals surface area contributed by atoms with E-state index >= 15 is 0 Å². The van der Waals surface area contributed by atoms with Crippen molar-refractivity contribution in [3.8, 4) is 11.3 Å². The Labute approximate surface area is 150 Å². The Balaban J connectivity index is 1.87. The SMILES string of the molecule is CC(=O)C1CCc2c(c(-c3cn[nH]c3C)nc3ccc4[nH]ncc4c23)C1. The Morgan fingerprint density at radius 1 is 1.15 bits per heavy atom. The molecular formula is C20H19N5O. The van der Waals surface area contributed by atoms with Crippen molar-refractivity contribution in [3.63, 3.8) is 0 Å². The Kier molecular flexibility index (Phi) is 3.22. The van der Waals surface area contributed by atoms with Crippen LogP contribution in [0.4, 0.5) is 0 Å². The number of aromatic amines is 2. The van der Waals surface area contributed by atoms with Gasteiger partial charge in [-0.25, -0.2) is 4.98 Å². The maximum Gasteiger partial charge on any atom is 0.133 e. The molecule has 26 heavy (non-hydrogen) atoms. The van der Waals surface area contributed by atoms with Gasteiger partial charge >= 0.3 is 0 Å². The van der Waals surface area contributed by atoms with Crippen molar-refractivity contribution in [3.05, 3.63) is 41.3 Å². The van der Waals surface area contributed by atoms with Crippen LogP contribution in [-0.4, -0.2) is 31.2 Å². The molecule has 0 aliphatic heterocycles. The normalized spacial score (nSPS) is 16.9. The first kappa shape index (κ1) is 15.3. The van der Waals surface area contributed by atoms with Gasteiger partial charge in [0.2, 0.25) is 0 Å². The largest absolute Gasteiger partial charge is 0.300 e. The third-order valence-electron chi connectivity index (χ3n) is 5.64. The highest BCUT2D eigenvalue weighted by Crippen LogP contribution is 2.39. The van der Waals surface area contributed by atoms with Crippen molar-refractivity contribution in [1.82, 2.24) is 25.4 Å². The van der Waals surface area contributed by atoms with Gasteiger partial charge in [0.05, 0.1) is 29.1 Å². The molecule has 0 saturated heterocycles. The standard InChI is InChI=1S/C20H19N5O/c1-10-15(8-21-24-10)20-14-7-12(11(2)26)3-4-13(14)19-16-9-22-25-17(16)5-6-18(19)23-20/h5-6,8-9,12H,3-4,7H2,1-2H3,(H,21,24)(H,22,25). The predicted octanol–water partition coefficient (Wildman–Crippen LogP) is 3.50. The fourth-order valence-electron chi connectivity index (χ4n) is 4.22. The topological polar surface area (TPSA) is 87.3 Å². The Hall–Kier alpha value is -3.02. The lowest BCUT2D eigenvalue weighted by atomic mass is 9.78. The summed E-state index contributed by atoms with van der Waals surface area (Å²) in [5.41, 5.74) is 7.43. The quantitative estimate of drug-likeness (QED) is 0.582. The summed E-state index contributed by atoms with van der Waals surface area (Å²) >= 11 is 0. The van der Waals surface area contributed by atoms with Gasteiger partial charge in [0, 0.05) is 27.9 Å². The molecule has 0 radical (unpaired) electrons. The third-order valence-corrected chi connectivity index (χ3v) is 5.64. The van der Waals surface area contributed by atoms with Gasteiger partial charge in [-0.3, -0.25) is 15.0 Å². The monoisotopic (exact) mass is 345 g/mol. The molecule has 0 saturated carbocycles. The first-order chi connectivity index (χ1) is 12.6. The van der Waals surface area contributed by atoms with E-state index in [1.165, 1.54) is 11.1 Å². The molecule has 1 aliphatic rings. The highest BCUT2D eigenvalue weighted by Gasteiger charge is 2.28. The van der Waals surface area contributed by atoms with Crippen LogP contribution in [0.15, 0.2) is 24.5 Å². The van der Waals surface area contributed by atoms with E-state index in [0.29, 0.717) is 0 Å². The van der Waals surface area contributed by atoms with E-state index in [1.807, 2.05) is 31.5 Å². The Morgan fingerprint density at radius 2 is 2.00 bits per heavy atom. The van der Waals surface area contributed by atoms with Crippen molar-refractivity contribution in [2.45, 2.75) is 33.1 Å². The van der Waals surface area contributed by atoms with E-state index in [0.717, 1.165) is 58.0 Å². The average molecular weight is 345 g/mol. The molecule has 0 fully saturated rings. The summed E-state index contributed by atoms with van der Waals surface area (Å²) < 4.78 is 0. The highest BCUT2D eigenvalue weighted by molar-refractivity contribution is 6.07. The van der Waals surface area contributed by atoms with Crippen LogP contribution < -0.4 is 0 Å². The van der Waals surface area contributed by atoms with Crippen LogP contribution in [0.2, 0.25) is 0 Å². The van der Waals surface area contributed by atoms with Crippen LogP contribution >= 0.6 is 0 Å². The number of Topliss-reactive ketones (excluding diaryl/α,β-unsaturated/α-hetero) is 1. The van der Waals surface area contributed by atoms with E-state index in [-0.39, 0.29) is 11.7 Å². The molecule has 0 bridgehead atoms. The zero-order valence-electron chi connectivity index (χ0n) is 14.8. The minimum Gasteiger partial charge on any atom is -0.300 e. The molecule has 6 heteroatoms. The summed E-state index contributed by atoms with van der Waals surface area (Å²) in [4.78, 5) is 17.1. The van der Waals surface area contributed by atoms with E-state index in [9.17, 15) is 4.79 Å². The summed E-state index contributed by atoms with van der Waals surface area (Å²) in [6.07, 6.45) is 6.21. The number of aromatic nitrogens is 5. The van der Waals surface area contributed by atoms with Crippen molar-refractivity contribution in [1.29, 1.82) is 0 Å². The van der Waals surface area contributed by atoms with Crippen LogP contribution in [0.1, 0.15) is 30.2 Å². The number of carbonyl (C=O) groups is 1. The molecule has 130 valence electrons. The summed E-state index contributed by atoms with van der Waals surface area (Å²) in [7, 11) is 0. The van der Waals surface area contributed by atoms with Gasteiger partial charge in [-0.05, 0) is 56.4 Å². The molecule has 1 unspecified atom stereocenters. The lowest BCUT2D eigenvalue weighted by Gasteiger charge is -2.26. The third kappa shape index (κ3) is 2.11. The molecule has 3 heterocycles.